The molecule has 0 unspecified atom stereocenters. The van der Waals surface area contributed by atoms with E-state index in [1.54, 1.807) is 0 Å². The Bertz CT molecular complexity index is 1020. The second kappa shape index (κ2) is 7.38. The van der Waals surface area contributed by atoms with Crippen LogP contribution in [0.25, 0.3) is 11.0 Å². The van der Waals surface area contributed by atoms with Crippen LogP contribution in [0.4, 0.5) is 11.4 Å². The molecule has 0 radical (unpaired) electrons. The molecule has 0 spiro atoms. The van der Waals surface area contributed by atoms with Gasteiger partial charge in [0.25, 0.3) is 5.91 Å². The van der Waals surface area contributed by atoms with Crippen molar-refractivity contribution in [1.82, 2.24) is 0 Å². The number of nitrogens with two attached hydrogens (primary N) is 1. The lowest BCUT2D eigenvalue weighted by atomic mass is 9.96. The van der Waals surface area contributed by atoms with Gasteiger partial charge in [-0.2, -0.15) is 0 Å². The summed E-state index contributed by atoms with van der Waals surface area (Å²) >= 11 is 0. The SMILES string of the molecule is Cc1c(C(=O)Nc2ccc(N3CCC(C(N)=O)CC3)cc2)oc2ccccc12. The highest BCUT2D eigenvalue weighted by molar-refractivity contribution is 6.06. The van der Waals surface area contributed by atoms with Gasteiger partial charge >= 0.3 is 0 Å². The van der Waals surface area contributed by atoms with Crippen LogP contribution in [0.1, 0.15) is 29.0 Å². The Labute approximate surface area is 163 Å². The van der Waals surface area contributed by atoms with Crippen LogP contribution in [0.5, 0.6) is 0 Å². The molecule has 0 aliphatic carbocycles. The maximum Gasteiger partial charge on any atom is 0.291 e. The lowest BCUT2D eigenvalue weighted by Crippen LogP contribution is -2.38. The van der Waals surface area contributed by atoms with Crippen molar-refractivity contribution in [2.75, 3.05) is 23.3 Å². The summed E-state index contributed by atoms with van der Waals surface area (Å²) in [6.07, 6.45) is 1.55. The zero-order chi connectivity index (χ0) is 19.7. The number of primary amides is 1. The number of carbonyl (C=O) groups is 2. The quantitative estimate of drug-likeness (QED) is 0.726. The van der Waals surface area contributed by atoms with Gasteiger partial charge in [-0.05, 0) is 50.1 Å². The minimum absolute atomic E-state index is 0.0261. The molecular formula is C22H23N3O3. The lowest BCUT2D eigenvalue weighted by Gasteiger charge is -2.32. The van der Waals surface area contributed by atoms with E-state index in [1.165, 1.54) is 0 Å². The molecular weight excluding hydrogens is 354 g/mol. The Morgan fingerprint density at radius 1 is 1.07 bits per heavy atom. The van der Waals surface area contributed by atoms with Crippen molar-refractivity contribution in [2.45, 2.75) is 19.8 Å². The number of carbonyl (C=O) groups excluding carboxylic acids is 2. The van der Waals surface area contributed by atoms with E-state index >= 15 is 0 Å². The van der Waals surface area contributed by atoms with Gasteiger partial charge < -0.3 is 20.4 Å². The Kier molecular flexibility index (Phi) is 4.77. The van der Waals surface area contributed by atoms with Crippen molar-refractivity contribution in [2.24, 2.45) is 11.7 Å². The summed E-state index contributed by atoms with van der Waals surface area (Å²) in [5, 5.41) is 3.85. The van der Waals surface area contributed by atoms with Crippen molar-refractivity contribution in [1.29, 1.82) is 0 Å². The van der Waals surface area contributed by atoms with E-state index in [9.17, 15) is 9.59 Å². The number of para-hydroxylation sites is 1. The molecule has 3 N–H and O–H groups in total. The summed E-state index contributed by atoms with van der Waals surface area (Å²) in [4.78, 5) is 26.2. The number of aryl methyl sites for hydroxylation is 1. The Hall–Kier alpha value is -3.28. The summed E-state index contributed by atoms with van der Waals surface area (Å²) in [5.74, 6) is -0.164. The van der Waals surface area contributed by atoms with Gasteiger partial charge in [0.1, 0.15) is 5.58 Å². The van der Waals surface area contributed by atoms with E-state index in [1.807, 2.05) is 55.5 Å². The average Bonchev–Trinajstić information content (AvgIpc) is 3.06. The minimum Gasteiger partial charge on any atom is -0.451 e. The van der Waals surface area contributed by atoms with Crippen LogP contribution < -0.4 is 16.0 Å². The summed E-state index contributed by atoms with van der Waals surface area (Å²) in [5.41, 5.74) is 8.72. The normalized spacial score (nSPS) is 15.0. The van der Waals surface area contributed by atoms with Crippen molar-refractivity contribution in [3.63, 3.8) is 0 Å². The minimum atomic E-state index is -0.260. The number of fused-ring (bicyclic) bond motifs is 1. The third kappa shape index (κ3) is 3.45. The Balaban J connectivity index is 1.43. The molecule has 3 aromatic rings. The number of rotatable bonds is 4. The fourth-order valence-corrected chi connectivity index (χ4v) is 3.76. The van der Waals surface area contributed by atoms with Crippen LogP contribution >= 0.6 is 0 Å². The fourth-order valence-electron chi connectivity index (χ4n) is 3.76. The molecule has 0 saturated carbocycles. The summed E-state index contributed by atoms with van der Waals surface area (Å²) in [6, 6.07) is 15.3. The number of nitrogens with one attached hydrogen (secondary N) is 1. The predicted octanol–water partition coefficient (Wildman–Crippen LogP) is 3.70. The molecule has 2 aromatic carbocycles. The number of nitrogens with zero attached hydrogens (tertiary/aromatic N) is 1. The molecule has 1 aromatic heterocycles. The van der Waals surface area contributed by atoms with Gasteiger partial charge in [-0.15, -0.1) is 0 Å². The Morgan fingerprint density at radius 2 is 1.75 bits per heavy atom. The first kappa shape index (κ1) is 18.1. The van der Waals surface area contributed by atoms with Gasteiger partial charge in [-0.3, -0.25) is 9.59 Å². The monoisotopic (exact) mass is 377 g/mol. The maximum atomic E-state index is 12.6. The first-order valence-electron chi connectivity index (χ1n) is 9.47. The van der Waals surface area contributed by atoms with E-state index in [0.717, 1.165) is 42.6 Å². The van der Waals surface area contributed by atoms with Crippen LogP contribution in [0.15, 0.2) is 52.9 Å². The molecule has 6 nitrogen and oxygen atoms in total. The molecule has 4 rings (SSSR count). The molecule has 1 saturated heterocycles. The molecule has 0 atom stereocenters. The molecule has 1 fully saturated rings. The van der Waals surface area contributed by atoms with Gasteiger partial charge in [0.05, 0.1) is 0 Å². The standard InChI is InChI=1S/C22H23N3O3/c1-14-18-4-2-3-5-19(18)28-20(14)22(27)24-16-6-8-17(9-7-16)25-12-10-15(11-13-25)21(23)26/h2-9,15H,10-13H2,1H3,(H2,23,26)(H,24,27). The summed E-state index contributed by atoms with van der Waals surface area (Å²) in [7, 11) is 0. The summed E-state index contributed by atoms with van der Waals surface area (Å²) in [6.45, 7) is 3.49. The number of amides is 2. The average molecular weight is 377 g/mol. The molecule has 1 aliphatic rings. The number of piperidine rings is 1. The largest absolute Gasteiger partial charge is 0.451 e. The van der Waals surface area contributed by atoms with Gasteiger partial charge in [0.2, 0.25) is 5.91 Å². The number of furan rings is 1. The van der Waals surface area contributed by atoms with E-state index in [2.05, 4.69) is 10.2 Å². The van der Waals surface area contributed by atoms with E-state index in [-0.39, 0.29) is 17.7 Å². The first-order chi connectivity index (χ1) is 13.5. The van der Waals surface area contributed by atoms with E-state index in [4.69, 9.17) is 10.2 Å². The maximum absolute atomic E-state index is 12.6. The van der Waals surface area contributed by atoms with E-state index < -0.39 is 0 Å². The highest BCUT2D eigenvalue weighted by atomic mass is 16.3. The number of benzene rings is 2. The molecule has 6 heteroatoms. The van der Waals surface area contributed by atoms with Crippen LogP contribution in [-0.4, -0.2) is 24.9 Å². The molecule has 28 heavy (non-hydrogen) atoms. The van der Waals surface area contributed by atoms with Crippen molar-refractivity contribution >= 4 is 34.2 Å². The van der Waals surface area contributed by atoms with Crippen LogP contribution in [0.3, 0.4) is 0 Å². The lowest BCUT2D eigenvalue weighted by molar-refractivity contribution is -0.122. The molecule has 2 heterocycles. The van der Waals surface area contributed by atoms with Crippen molar-refractivity contribution in [3.05, 3.63) is 59.9 Å². The third-order valence-electron chi connectivity index (χ3n) is 5.44. The van der Waals surface area contributed by atoms with Crippen molar-refractivity contribution < 1.29 is 14.0 Å². The molecule has 2 amide bonds. The second-order valence-corrected chi connectivity index (χ2v) is 7.22. The molecule has 144 valence electrons. The van der Waals surface area contributed by atoms with Crippen LogP contribution in [0.2, 0.25) is 0 Å². The highest BCUT2D eigenvalue weighted by Crippen LogP contribution is 2.27. The van der Waals surface area contributed by atoms with Gasteiger partial charge in [0.15, 0.2) is 5.76 Å². The Morgan fingerprint density at radius 3 is 2.39 bits per heavy atom. The number of hydrogen-bond donors (Lipinski definition) is 2. The highest BCUT2D eigenvalue weighted by Gasteiger charge is 2.23. The third-order valence-corrected chi connectivity index (χ3v) is 5.44. The zero-order valence-corrected chi connectivity index (χ0v) is 15.8. The number of anilines is 2. The number of hydrogen-bond acceptors (Lipinski definition) is 4. The zero-order valence-electron chi connectivity index (χ0n) is 15.8. The smallest absolute Gasteiger partial charge is 0.291 e. The predicted molar refractivity (Wildman–Crippen MR) is 109 cm³/mol. The van der Waals surface area contributed by atoms with Crippen LogP contribution in [0, 0.1) is 12.8 Å². The van der Waals surface area contributed by atoms with Gasteiger partial charge in [-0.25, -0.2) is 0 Å². The van der Waals surface area contributed by atoms with Gasteiger partial charge in [-0.1, -0.05) is 18.2 Å². The van der Waals surface area contributed by atoms with E-state index in [0.29, 0.717) is 17.0 Å². The summed E-state index contributed by atoms with van der Waals surface area (Å²) < 4.78 is 5.72. The molecule has 0 bridgehead atoms. The first-order valence-corrected chi connectivity index (χ1v) is 9.47. The van der Waals surface area contributed by atoms with Crippen LogP contribution in [-0.2, 0) is 4.79 Å². The fraction of sp³-hybridized carbons (Fsp3) is 0.273. The molecule has 1 aliphatic heterocycles. The topological polar surface area (TPSA) is 88.6 Å². The van der Waals surface area contributed by atoms with Gasteiger partial charge in [0, 0.05) is 41.3 Å². The second-order valence-electron chi connectivity index (χ2n) is 7.22. The van der Waals surface area contributed by atoms with Crippen molar-refractivity contribution in [3.8, 4) is 0 Å².